The van der Waals surface area contributed by atoms with E-state index >= 15 is 0 Å². The number of likely N-dealkylation sites (N-methyl/N-ethyl adjacent to an activating group) is 1. The summed E-state index contributed by atoms with van der Waals surface area (Å²) in [6.45, 7) is -2.75. The number of aromatic amines is 2. The van der Waals surface area contributed by atoms with Gasteiger partial charge in [-0.25, -0.2) is 8.78 Å². The average molecular weight is 479 g/mol. The van der Waals surface area contributed by atoms with E-state index in [4.69, 9.17) is 0 Å². The molecule has 2 aromatic heterocycles. The fourth-order valence-corrected chi connectivity index (χ4v) is 4.37. The Morgan fingerprint density at radius 2 is 1.97 bits per heavy atom. The average Bonchev–Trinajstić information content (AvgIpc) is 3.32. The highest BCUT2D eigenvalue weighted by Crippen LogP contribution is 2.42. The molecular weight excluding hydrogens is 458 g/mol. The highest BCUT2D eigenvalue weighted by molar-refractivity contribution is 5.99. The van der Waals surface area contributed by atoms with Gasteiger partial charge in [-0.3, -0.25) is 14.7 Å². The minimum Gasteiger partial charge on any atom is -0.350 e. The quantitative estimate of drug-likeness (QED) is 0.531. The third-order valence-electron chi connectivity index (χ3n) is 6.63. The van der Waals surface area contributed by atoms with Crippen molar-refractivity contribution in [1.29, 1.82) is 0 Å². The molecule has 3 aromatic rings. The van der Waals surface area contributed by atoms with Crippen molar-refractivity contribution in [2.24, 2.45) is 0 Å². The normalized spacial score (nSPS) is 16.7. The Hall–Kier alpha value is -3.41. The van der Waals surface area contributed by atoms with Gasteiger partial charge in [0, 0.05) is 42.5 Å². The maximum Gasteiger partial charge on any atom is 0.345 e. The molecule has 0 bridgehead atoms. The van der Waals surface area contributed by atoms with E-state index in [1.54, 1.807) is 0 Å². The SMILES string of the molecule is CN(C(=O)c1[nH]nc2c1CN(C(=O)c1cc3cc(F)c(F)cc3[nH]1)CC2)C1(COC(F)F)CC1. The van der Waals surface area contributed by atoms with E-state index in [9.17, 15) is 27.2 Å². The first-order chi connectivity index (χ1) is 16.2. The van der Waals surface area contributed by atoms with Crippen molar-refractivity contribution in [3.05, 3.63) is 52.5 Å². The molecule has 1 fully saturated rings. The number of nitrogens with zero attached hydrogens (tertiary/aromatic N) is 3. The van der Waals surface area contributed by atoms with Gasteiger partial charge < -0.3 is 19.5 Å². The fraction of sp³-hybridized carbons (Fsp3) is 0.409. The number of amides is 2. The molecule has 0 atom stereocenters. The second kappa shape index (κ2) is 8.12. The molecule has 8 nitrogen and oxygen atoms in total. The maximum atomic E-state index is 13.5. The number of nitrogens with one attached hydrogen (secondary N) is 2. The van der Waals surface area contributed by atoms with Gasteiger partial charge in [-0.05, 0) is 25.0 Å². The lowest BCUT2D eigenvalue weighted by molar-refractivity contribution is -0.141. The second-order valence-electron chi connectivity index (χ2n) is 8.70. The van der Waals surface area contributed by atoms with Crippen LogP contribution in [-0.2, 0) is 17.7 Å². The summed E-state index contributed by atoms with van der Waals surface area (Å²) in [5.74, 6) is -2.84. The monoisotopic (exact) mass is 479 g/mol. The first-order valence-corrected chi connectivity index (χ1v) is 10.7. The number of hydrogen-bond donors (Lipinski definition) is 2. The number of alkyl halides is 2. The Balaban J connectivity index is 1.35. The molecule has 180 valence electrons. The molecule has 2 amide bonds. The van der Waals surface area contributed by atoms with Gasteiger partial charge in [-0.1, -0.05) is 0 Å². The zero-order valence-electron chi connectivity index (χ0n) is 18.1. The number of H-pyrrole nitrogens is 2. The summed E-state index contributed by atoms with van der Waals surface area (Å²) < 4.78 is 56.5. The Morgan fingerprint density at radius 3 is 2.68 bits per heavy atom. The summed E-state index contributed by atoms with van der Waals surface area (Å²) in [7, 11) is 1.53. The number of fused-ring (bicyclic) bond motifs is 2. The third kappa shape index (κ3) is 3.81. The van der Waals surface area contributed by atoms with Crippen LogP contribution in [0.15, 0.2) is 18.2 Å². The smallest absolute Gasteiger partial charge is 0.345 e. The van der Waals surface area contributed by atoms with E-state index in [0.717, 1.165) is 12.1 Å². The van der Waals surface area contributed by atoms with Gasteiger partial charge in [-0.15, -0.1) is 0 Å². The van der Waals surface area contributed by atoms with Gasteiger partial charge in [0.2, 0.25) is 0 Å². The van der Waals surface area contributed by atoms with Crippen molar-refractivity contribution in [2.45, 2.75) is 38.0 Å². The van der Waals surface area contributed by atoms with Crippen molar-refractivity contribution >= 4 is 22.7 Å². The zero-order chi connectivity index (χ0) is 24.2. The predicted molar refractivity (Wildman–Crippen MR) is 111 cm³/mol. The summed E-state index contributed by atoms with van der Waals surface area (Å²) in [5.41, 5.74) is 1.06. The minimum atomic E-state index is -2.92. The minimum absolute atomic E-state index is 0.0954. The number of benzene rings is 1. The summed E-state index contributed by atoms with van der Waals surface area (Å²) in [6.07, 6.45) is 1.49. The lowest BCUT2D eigenvalue weighted by Gasteiger charge is -2.29. The van der Waals surface area contributed by atoms with E-state index in [0.29, 0.717) is 48.0 Å². The lowest BCUT2D eigenvalue weighted by Crippen LogP contribution is -2.43. The highest BCUT2D eigenvalue weighted by atomic mass is 19.3. The van der Waals surface area contributed by atoms with Gasteiger partial charge in [0.1, 0.15) is 11.4 Å². The van der Waals surface area contributed by atoms with Crippen LogP contribution in [-0.4, -0.2) is 69.1 Å². The Bertz CT molecular complexity index is 1240. The van der Waals surface area contributed by atoms with Crippen LogP contribution in [0, 0.1) is 11.6 Å². The number of carbonyl (C=O) groups excluding carboxylic acids is 2. The molecule has 2 N–H and O–H groups in total. The van der Waals surface area contributed by atoms with E-state index in [-0.39, 0.29) is 30.4 Å². The predicted octanol–water partition coefficient (Wildman–Crippen LogP) is 3.21. The lowest BCUT2D eigenvalue weighted by atomic mass is 10.0. The third-order valence-corrected chi connectivity index (χ3v) is 6.63. The number of hydrogen-bond acceptors (Lipinski definition) is 4. The standard InChI is InChI=1S/C22H21F4N5O3/c1-30(22(3-4-22)10-34-21(25)26)20(33)18-12-9-31(5-2-15(12)28-29-18)19(32)17-7-11-6-13(23)14(24)8-16(11)27-17/h6-8,21,27H,2-5,9-10H2,1H3,(H,28,29). The van der Waals surface area contributed by atoms with Crippen LogP contribution < -0.4 is 0 Å². The van der Waals surface area contributed by atoms with Crippen molar-refractivity contribution in [2.75, 3.05) is 20.2 Å². The van der Waals surface area contributed by atoms with Crippen molar-refractivity contribution in [3.8, 4) is 0 Å². The van der Waals surface area contributed by atoms with Crippen LogP contribution >= 0.6 is 0 Å². The van der Waals surface area contributed by atoms with Crippen molar-refractivity contribution in [1.82, 2.24) is 25.0 Å². The van der Waals surface area contributed by atoms with Crippen molar-refractivity contribution in [3.63, 3.8) is 0 Å². The fourth-order valence-electron chi connectivity index (χ4n) is 4.37. The number of rotatable bonds is 6. The van der Waals surface area contributed by atoms with Gasteiger partial charge >= 0.3 is 6.61 Å². The molecule has 0 saturated heterocycles. The van der Waals surface area contributed by atoms with E-state index in [1.165, 1.54) is 22.9 Å². The molecule has 0 unspecified atom stereocenters. The van der Waals surface area contributed by atoms with Gasteiger partial charge in [0.25, 0.3) is 11.8 Å². The Kier molecular flexibility index (Phi) is 5.34. The number of halogens is 4. The van der Waals surface area contributed by atoms with Crippen LogP contribution in [0.1, 0.15) is 45.1 Å². The first-order valence-electron chi connectivity index (χ1n) is 10.7. The van der Waals surface area contributed by atoms with E-state index < -0.39 is 29.7 Å². The van der Waals surface area contributed by atoms with E-state index in [2.05, 4.69) is 19.9 Å². The van der Waals surface area contributed by atoms with Gasteiger partial charge in [-0.2, -0.15) is 13.9 Å². The topological polar surface area (TPSA) is 94.3 Å². The molecule has 1 aliphatic carbocycles. The van der Waals surface area contributed by atoms with Crippen molar-refractivity contribution < 1.29 is 31.9 Å². The van der Waals surface area contributed by atoms with Gasteiger partial charge in [0.05, 0.1) is 24.4 Å². The molecule has 1 aliphatic heterocycles. The molecule has 1 aromatic carbocycles. The molecule has 0 spiro atoms. The molecule has 5 rings (SSSR count). The van der Waals surface area contributed by atoms with Crippen LogP contribution in [0.5, 0.6) is 0 Å². The van der Waals surface area contributed by atoms with Crippen LogP contribution in [0.3, 0.4) is 0 Å². The maximum absolute atomic E-state index is 13.5. The van der Waals surface area contributed by atoms with Crippen LogP contribution in [0.25, 0.3) is 10.9 Å². The first kappa shape index (κ1) is 22.4. The summed E-state index contributed by atoms with van der Waals surface area (Å²) in [4.78, 5) is 32.0. The molecule has 12 heteroatoms. The van der Waals surface area contributed by atoms with E-state index in [1.807, 2.05) is 0 Å². The van der Waals surface area contributed by atoms with Crippen LogP contribution in [0.4, 0.5) is 17.6 Å². The molecular formula is C22H21F4N5O3. The molecule has 1 saturated carbocycles. The molecule has 3 heterocycles. The molecule has 34 heavy (non-hydrogen) atoms. The summed E-state index contributed by atoms with van der Waals surface area (Å²) in [5, 5.41) is 7.30. The van der Waals surface area contributed by atoms with Crippen LogP contribution in [0.2, 0.25) is 0 Å². The van der Waals surface area contributed by atoms with Gasteiger partial charge in [0.15, 0.2) is 11.6 Å². The summed E-state index contributed by atoms with van der Waals surface area (Å²) in [6, 6.07) is 3.45. The number of ether oxygens (including phenoxy) is 1. The Morgan fingerprint density at radius 1 is 1.24 bits per heavy atom. The second-order valence-corrected chi connectivity index (χ2v) is 8.70. The molecule has 0 radical (unpaired) electrons. The number of carbonyl (C=O) groups is 2. The molecule has 2 aliphatic rings. The largest absolute Gasteiger partial charge is 0.350 e. The summed E-state index contributed by atoms with van der Waals surface area (Å²) >= 11 is 0. The zero-order valence-corrected chi connectivity index (χ0v) is 18.1. The number of aromatic nitrogens is 3. The highest BCUT2D eigenvalue weighted by Gasteiger charge is 2.50. The Labute approximate surface area is 190 Å².